The lowest BCUT2D eigenvalue weighted by Gasteiger charge is -2.10. The minimum atomic E-state index is -0.512. The number of hydrogen-bond donors (Lipinski definition) is 0. The Hall–Kier alpha value is -2.04. The SMILES string of the molecule is CCCOC(=O)CC(=O)c1cc(OCC)cc(OCC)c1. The van der Waals surface area contributed by atoms with E-state index in [2.05, 4.69) is 0 Å². The van der Waals surface area contributed by atoms with E-state index in [0.717, 1.165) is 6.42 Å². The van der Waals surface area contributed by atoms with Crippen LogP contribution in [0.25, 0.3) is 0 Å². The highest BCUT2D eigenvalue weighted by Gasteiger charge is 2.15. The first kappa shape index (κ1) is 17.0. The maximum Gasteiger partial charge on any atom is 0.313 e. The molecular formula is C16H22O5. The van der Waals surface area contributed by atoms with Gasteiger partial charge in [0.05, 0.1) is 19.8 Å². The van der Waals surface area contributed by atoms with Crippen LogP contribution in [0.3, 0.4) is 0 Å². The fourth-order valence-electron chi connectivity index (χ4n) is 1.73. The Kier molecular flexibility index (Phi) is 7.29. The molecule has 0 aliphatic heterocycles. The molecule has 0 aromatic heterocycles. The van der Waals surface area contributed by atoms with Crippen molar-refractivity contribution in [2.75, 3.05) is 19.8 Å². The minimum Gasteiger partial charge on any atom is -0.494 e. The molecule has 0 radical (unpaired) electrons. The van der Waals surface area contributed by atoms with Gasteiger partial charge in [0.1, 0.15) is 17.9 Å². The van der Waals surface area contributed by atoms with Crippen molar-refractivity contribution in [1.29, 1.82) is 0 Å². The first-order chi connectivity index (χ1) is 10.1. The number of carbonyl (C=O) groups excluding carboxylic acids is 2. The molecule has 0 aliphatic carbocycles. The molecular weight excluding hydrogens is 272 g/mol. The Bertz CT molecular complexity index is 457. The molecule has 116 valence electrons. The molecule has 0 bridgehead atoms. The fraction of sp³-hybridized carbons (Fsp3) is 0.500. The molecule has 0 amide bonds. The largest absolute Gasteiger partial charge is 0.494 e. The highest BCUT2D eigenvalue weighted by molar-refractivity contribution is 6.06. The molecule has 5 nitrogen and oxygen atoms in total. The van der Waals surface area contributed by atoms with Gasteiger partial charge in [-0.15, -0.1) is 0 Å². The molecule has 0 unspecified atom stereocenters. The third-order valence-corrected chi connectivity index (χ3v) is 2.60. The van der Waals surface area contributed by atoms with Crippen LogP contribution in [0, 0.1) is 0 Å². The van der Waals surface area contributed by atoms with E-state index >= 15 is 0 Å². The zero-order valence-corrected chi connectivity index (χ0v) is 12.8. The van der Waals surface area contributed by atoms with E-state index in [1.165, 1.54) is 0 Å². The van der Waals surface area contributed by atoms with E-state index < -0.39 is 5.97 Å². The van der Waals surface area contributed by atoms with Gasteiger partial charge in [-0.2, -0.15) is 0 Å². The zero-order chi connectivity index (χ0) is 15.7. The number of hydrogen-bond acceptors (Lipinski definition) is 5. The van der Waals surface area contributed by atoms with E-state index in [4.69, 9.17) is 14.2 Å². The van der Waals surface area contributed by atoms with Crippen molar-refractivity contribution >= 4 is 11.8 Å². The maximum absolute atomic E-state index is 12.1. The summed E-state index contributed by atoms with van der Waals surface area (Å²) in [4.78, 5) is 23.6. The Labute approximate surface area is 125 Å². The zero-order valence-electron chi connectivity index (χ0n) is 12.8. The summed E-state index contributed by atoms with van der Waals surface area (Å²) in [6.45, 7) is 6.92. The third-order valence-electron chi connectivity index (χ3n) is 2.60. The predicted molar refractivity (Wildman–Crippen MR) is 79.0 cm³/mol. The first-order valence-corrected chi connectivity index (χ1v) is 7.20. The highest BCUT2D eigenvalue weighted by Crippen LogP contribution is 2.24. The van der Waals surface area contributed by atoms with Gasteiger partial charge in [0.25, 0.3) is 0 Å². The quantitative estimate of drug-likeness (QED) is 0.398. The van der Waals surface area contributed by atoms with Gasteiger partial charge in [-0.25, -0.2) is 0 Å². The van der Waals surface area contributed by atoms with E-state index in [9.17, 15) is 9.59 Å². The van der Waals surface area contributed by atoms with Crippen LogP contribution in [0.15, 0.2) is 18.2 Å². The summed E-state index contributed by atoms with van der Waals surface area (Å²) in [5.41, 5.74) is 0.387. The Morgan fingerprint density at radius 1 is 0.952 bits per heavy atom. The van der Waals surface area contributed by atoms with Crippen molar-refractivity contribution in [2.45, 2.75) is 33.6 Å². The van der Waals surface area contributed by atoms with Crippen LogP contribution in [0.4, 0.5) is 0 Å². The van der Waals surface area contributed by atoms with E-state index in [1.807, 2.05) is 20.8 Å². The summed E-state index contributed by atoms with van der Waals surface area (Å²) in [5, 5.41) is 0. The second-order valence-electron chi connectivity index (χ2n) is 4.38. The topological polar surface area (TPSA) is 61.8 Å². The Morgan fingerprint density at radius 2 is 1.52 bits per heavy atom. The molecule has 0 atom stereocenters. The van der Waals surface area contributed by atoms with Crippen molar-refractivity contribution in [1.82, 2.24) is 0 Å². The molecule has 0 heterocycles. The number of benzene rings is 1. The van der Waals surface area contributed by atoms with Gasteiger partial charge < -0.3 is 14.2 Å². The summed E-state index contributed by atoms with van der Waals surface area (Å²) in [6.07, 6.45) is 0.454. The van der Waals surface area contributed by atoms with Crippen molar-refractivity contribution in [3.05, 3.63) is 23.8 Å². The van der Waals surface area contributed by atoms with Crippen LogP contribution in [0.1, 0.15) is 44.0 Å². The van der Waals surface area contributed by atoms with Gasteiger partial charge in [0.15, 0.2) is 5.78 Å². The number of Topliss-reactive ketones (excluding diaryl/α,β-unsaturated/α-hetero) is 1. The lowest BCUT2D eigenvalue weighted by molar-refractivity contribution is -0.142. The Morgan fingerprint density at radius 3 is 2.00 bits per heavy atom. The summed E-state index contributed by atoms with van der Waals surface area (Å²) >= 11 is 0. The van der Waals surface area contributed by atoms with Crippen LogP contribution >= 0.6 is 0 Å². The van der Waals surface area contributed by atoms with Crippen LogP contribution in [0.5, 0.6) is 11.5 Å². The lowest BCUT2D eigenvalue weighted by Crippen LogP contribution is -2.12. The maximum atomic E-state index is 12.1. The predicted octanol–water partition coefficient (Wildman–Crippen LogP) is 3.01. The number of esters is 1. The molecule has 5 heteroatoms. The highest BCUT2D eigenvalue weighted by atomic mass is 16.5. The monoisotopic (exact) mass is 294 g/mol. The van der Waals surface area contributed by atoms with Crippen molar-refractivity contribution in [3.8, 4) is 11.5 Å². The molecule has 0 saturated carbocycles. The van der Waals surface area contributed by atoms with Gasteiger partial charge in [0, 0.05) is 11.6 Å². The number of ether oxygens (including phenoxy) is 3. The lowest BCUT2D eigenvalue weighted by atomic mass is 10.1. The summed E-state index contributed by atoms with van der Waals surface area (Å²) in [7, 11) is 0. The number of carbonyl (C=O) groups is 2. The number of rotatable bonds is 9. The van der Waals surface area contributed by atoms with Gasteiger partial charge in [-0.05, 0) is 32.4 Å². The minimum absolute atomic E-state index is 0.277. The van der Waals surface area contributed by atoms with E-state index in [0.29, 0.717) is 36.9 Å². The van der Waals surface area contributed by atoms with E-state index in [-0.39, 0.29) is 12.2 Å². The molecule has 0 aliphatic rings. The molecule has 0 N–H and O–H groups in total. The van der Waals surface area contributed by atoms with Crippen molar-refractivity contribution in [2.24, 2.45) is 0 Å². The standard InChI is InChI=1S/C16H22O5/c1-4-7-21-16(18)11-15(17)12-8-13(19-5-2)10-14(9-12)20-6-3/h8-10H,4-7,11H2,1-3H3. The van der Waals surface area contributed by atoms with Gasteiger partial charge in [-0.3, -0.25) is 9.59 Å². The normalized spacial score (nSPS) is 10.0. The Balaban J connectivity index is 2.83. The molecule has 1 rings (SSSR count). The second-order valence-corrected chi connectivity index (χ2v) is 4.38. The van der Waals surface area contributed by atoms with Gasteiger partial charge in [-0.1, -0.05) is 6.92 Å². The molecule has 0 saturated heterocycles. The van der Waals surface area contributed by atoms with Crippen molar-refractivity contribution < 1.29 is 23.8 Å². The van der Waals surface area contributed by atoms with Gasteiger partial charge >= 0.3 is 5.97 Å². The van der Waals surface area contributed by atoms with Crippen LogP contribution in [0.2, 0.25) is 0 Å². The van der Waals surface area contributed by atoms with Crippen LogP contribution in [-0.2, 0) is 9.53 Å². The van der Waals surface area contributed by atoms with Crippen LogP contribution < -0.4 is 9.47 Å². The molecule has 21 heavy (non-hydrogen) atoms. The second kappa shape index (κ2) is 9.00. The average molecular weight is 294 g/mol. The number of ketones is 1. The first-order valence-electron chi connectivity index (χ1n) is 7.20. The molecule has 1 aromatic rings. The average Bonchev–Trinajstić information content (AvgIpc) is 2.45. The third kappa shape index (κ3) is 5.85. The fourth-order valence-corrected chi connectivity index (χ4v) is 1.73. The van der Waals surface area contributed by atoms with Crippen LogP contribution in [-0.4, -0.2) is 31.6 Å². The molecule has 0 spiro atoms. The smallest absolute Gasteiger partial charge is 0.313 e. The molecule has 1 aromatic carbocycles. The van der Waals surface area contributed by atoms with E-state index in [1.54, 1.807) is 18.2 Å². The molecule has 0 fully saturated rings. The summed E-state index contributed by atoms with van der Waals surface area (Å²) < 4.78 is 15.7. The van der Waals surface area contributed by atoms with Gasteiger partial charge in [0.2, 0.25) is 0 Å². The summed E-state index contributed by atoms with van der Waals surface area (Å²) in [6, 6.07) is 4.95. The van der Waals surface area contributed by atoms with Crippen molar-refractivity contribution in [3.63, 3.8) is 0 Å². The summed E-state index contributed by atoms with van der Waals surface area (Å²) in [5.74, 6) is 0.280.